The second-order valence-electron chi connectivity index (χ2n) is 8.53. The molecule has 3 atom stereocenters. The van der Waals surface area contributed by atoms with E-state index in [-0.39, 0.29) is 43.4 Å². The zero-order chi connectivity index (χ0) is 26.7. The number of para-hydroxylation sites is 1. The molecule has 196 valence electrons. The number of benzene rings is 1. The highest BCUT2D eigenvalue weighted by Crippen LogP contribution is 2.50. The molecule has 1 aliphatic carbocycles. The molecular weight excluding hydrogens is 456 g/mol. The molecule has 1 heterocycles. The van der Waals surface area contributed by atoms with E-state index in [2.05, 4.69) is 13.2 Å². The van der Waals surface area contributed by atoms with Crippen LogP contribution >= 0.6 is 0 Å². The van der Waals surface area contributed by atoms with Crippen molar-refractivity contribution in [3.05, 3.63) is 66.8 Å². The van der Waals surface area contributed by atoms with E-state index in [0.717, 1.165) is 36.1 Å². The summed E-state index contributed by atoms with van der Waals surface area (Å²) >= 11 is 0. The third-order valence-electron chi connectivity index (χ3n) is 6.70. The highest BCUT2D eigenvalue weighted by Gasteiger charge is 2.48. The molecule has 7 heteroatoms. The van der Waals surface area contributed by atoms with E-state index in [1.165, 1.54) is 7.11 Å². The molecule has 0 saturated heterocycles. The number of fused-ring (bicyclic) bond motifs is 2. The lowest BCUT2D eigenvalue weighted by Crippen LogP contribution is -2.52. The Morgan fingerprint density at radius 3 is 2.50 bits per heavy atom. The van der Waals surface area contributed by atoms with Crippen LogP contribution in [-0.4, -0.2) is 49.2 Å². The topological polar surface area (TPSA) is 76.2 Å². The number of amides is 2. The van der Waals surface area contributed by atoms with Gasteiger partial charge in [-0.1, -0.05) is 69.9 Å². The van der Waals surface area contributed by atoms with Crippen LogP contribution in [0.4, 0.5) is 10.5 Å². The van der Waals surface area contributed by atoms with Crippen molar-refractivity contribution < 1.29 is 23.9 Å². The van der Waals surface area contributed by atoms with Crippen molar-refractivity contribution in [2.24, 2.45) is 5.92 Å². The number of esters is 1. The van der Waals surface area contributed by atoms with Crippen molar-refractivity contribution in [1.82, 2.24) is 4.90 Å². The van der Waals surface area contributed by atoms with Crippen molar-refractivity contribution in [3.8, 4) is 0 Å². The number of anilines is 1. The Balaban J connectivity index is 0.00000222. The van der Waals surface area contributed by atoms with Gasteiger partial charge < -0.3 is 14.4 Å². The minimum Gasteiger partial charge on any atom is -0.469 e. The van der Waals surface area contributed by atoms with Crippen LogP contribution in [0.25, 0.3) is 0 Å². The van der Waals surface area contributed by atoms with Crippen molar-refractivity contribution in [2.75, 3.05) is 25.2 Å². The largest absolute Gasteiger partial charge is 0.469 e. The zero-order valence-corrected chi connectivity index (χ0v) is 22.1. The maximum Gasteiger partial charge on any atom is 0.414 e. The van der Waals surface area contributed by atoms with Crippen molar-refractivity contribution >= 4 is 23.7 Å². The molecule has 0 bridgehead atoms. The van der Waals surface area contributed by atoms with Crippen LogP contribution in [0.2, 0.25) is 0 Å². The molecule has 2 amide bonds. The van der Waals surface area contributed by atoms with Gasteiger partial charge in [0.1, 0.15) is 6.61 Å². The Morgan fingerprint density at radius 2 is 1.86 bits per heavy atom. The van der Waals surface area contributed by atoms with Gasteiger partial charge in [0.25, 0.3) is 0 Å². The number of hydrogen-bond donors (Lipinski definition) is 0. The van der Waals surface area contributed by atoms with Gasteiger partial charge in [-0.05, 0) is 37.0 Å². The highest BCUT2D eigenvalue weighted by molar-refractivity contribution is 5.91. The number of hydrogen-bond acceptors (Lipinski definition) is 5. The molecule has 7 nitrogen and oxygen atoms in total. The Bertz CT molecular complexity index is 970. The summed E-state index contributed by atoms with van der Waals surface area (Å²) in [6.45, 7) is 14.0. The number of methoxy groups -OCH3 is 1. The number of nitrogens with zero attached hydrogens (tertiary/aromatic N) is 2. The van der Waals surface area contributed by atoms with Gasteiger partial charge in [-0.2, -0.15) is 0 Å². The van der Waals surface area contributed by atoms with E-state index in [4.69, 9.17) is 9.47 Å². The average Bonchev–Trinajstić information content (AvgIpc) is 3.39. The summed E-state index contributed by atoms with van der Waals surface area (Å²) in [6, 6.07) is 7.50. The molecule has 2 aliphatic rings. The number of carbonyl (C=O) groups excluding carboxylic acids is 3. The molecule has 0 aromatic heterocycles. The van der Waals surface area contributed by atoms with Gasteiger partial charge in [0.15, 0.2) is 0 Å². The molecule has 0 N–H and O–H groups in total. The molecule has 1 aromatic rings. The number of allylic oxidation sites excluding steroid dienone is 2. The summed E-state index contributed by atoms with van der Waals surface area (Å²) in [5.41, 5.74) is 2.47. The Morgan fingerprint density at radius 1 is 1.14 bits per heavy atom. The molecular formula is C29H40N2O5. The molecule has 1 aromatic carbocycles. The van der Waals surface area contributed by atoms with Gasteiger partial charge in [-0.15, -0.1) is 0 Å². The second kappa shape index (κ2) is 14.3. The van der Waals surface area contributed by atoms with Crippen LogP contribution in [0, 0.1) is 5.92 Å². The minimum atomic E-state index is -0.403. The first-order valence-corrected chi connectivity index (χ1v) is 12.8. The smallest absolute Gasteiger partial charge is 0.414 e. The fourth-order valence-electron chi connectivity index (χ4n) is 5.18. The van der Waals surface area contributed by atoms with Gasteiger partial charge in [0.2, 0.25) is 5.91 Å². The van der Waals surface area contributed by atoms with Crippen LogP contribution in [0.15, 0.2) is 61.2 Å². The number of rotatable bonds is 9. The summed E-state index contributed by atoms with van der Waals surface area (Å²) in [7, 11) is 1.32. The van der Waals surface area contributed by atoms with Crippen LogP contribution in [0.1, 0.15) is 64.5 Å². The van der Waals surface area contributed by atoms with Gasteiger partial charge in [0.05, 0.1) is 25.3 Å². The van der Waals surface area contributed by atoms with Crippen molar-refractivity contribution in [3.63, 3.8) is 0 Å². The van der Waals surface area contributed by atoms with Crippen LogP contribution < -0.4 is 4.90 Å². The fraction of sp³-hybridized carbons (Fsp3) is 0.483. The molecule has 3 rings (SSSR count). The summed E-state index contributed by atoms with van der Waals surface area (Å²) in [6.07, 6.45) is 7.50. The minimum absolute atomic E-state index is 0.0522. The molecule has 36 heavy (non-hydrogen) atoms. The van der Waals surface area contributed by atoms with Crippen molar-refractivity contribution in [1.29, 1.82) is 0 Å². The lowest BCUT2D eigenvalue weighted by Gasteiger charge is -2.47. The second-order valence-corrected chi connectivity index (χ2v) is 8.53. The zero-order valence-electron chi connectivity index (χ0n) is 22.1. The average molecular weight is 497 g/mol. The molecule has 1 fully saturated rings. The lowest BCUT2D eigenvalue weighted by molar-refractivity contribution is -0.144. The van der Waals surface area contributed by atoms with Crippen LogP contribution in [-0.2, 0) is 19.1 Å². The maximum atomic E-state index is 13.3. The quantitative estimate of drug-likeness (QED) is 0.311. The van der Waals surface area contributed by atoms with E-state index in [1.807, 2.05) is 49.9 Å². The van der Waals surface area contributed by atoms with E-state index < -0.39 is 12.1 Å². The third-order valence-corrected chi connectivity index (χ3v) is 6.70. The monoisotopic (exact) mass is 496 g/mol. The van der Waals surface area contributed by atoms with Crippen LogP contribution in [0.5, 0.6) is 0 Å². The fourth-order valence-corrected chi connectivity index (χ4v) is 5.18. The van der Waals surface area contributed by atoms with Gasteiger partial charge in [-0.25, -0.2) is 4.79 Å². The summed E-state index contributed by atoms with van der Waals surface area (Å²) < 4.78 is 10.4. The normalized spacial score (nSPS) is 20.2. The first-order chi connectivity index (χ1) is 17.5. The molecule has 0 radical (unpaired) electrons. The maximum absolute atomic E-state index is 13.3. The molecule has 3 unspecified atom stereocenters. The van der Waals surface area contributed by atoms with Gasteiger partial charge in [0, 0.05) is 24.9 Å². The summed E-state index contributed by atoms with van der Waals surface area (Å²) in [4.78, 5) is 41.7. The number of ether oxygens (including phenoxy) is 2. The van der Waals surface area contributed by atoms with E-state index >= 15 is 0 Å². The van der Waals surface area contributed by atoms with Gasteiger partial charge >= 0.3 is 12.1 Å². The first-order valence-electron chi connectivity index (χ1n) is 12.8. The van der Waals surface area contributed by atoms with E-state index in [0.29, 0.717) is 6.54 Å². The predicted molar refractivity (Wildman–Crippen MR) is 143 cm³/mol. The van der Waals surface area contributed by atoms with E-state index in [9.17, 15) is 14.4 Å². The van der Waals surface area contributed by atoms with Gasteiger partial charge in [-0.3, -0.25) is 14.5 Å². The summed E-state index contributed by atoms with van der Waals surface area (Å²) in [5, 5.41) is 0. The Labute approximate surface area is 215 Å². The molecule has 1 aliphatic heterocycles. The van der Waals surface area contributed by atoms with E-state index in [1.54, 1.807) is 23.1 Å². The number of carbonyl (C=O) groups is 3. The molecule has 1 saturated carbocycles. The third kappa shape index (κ3) is 6.45. The summed E-state index contributed by atoms with van der Waals surface area (Å²) in [5.74, 6) is -0.392. The van der Waals surface area contributed by atoms with Crippen molar-refractivity contribution in [2.45, 2.75) is 65.0 Å². The predicted octanol–water partition coefficient (Wildman–Crippen LogP) is 5.98. The lowest BCUT2D eigenvalue weighted by atomic mass is 9.81. The standard InChI is InChI=1S/C27H34N2O5.C2H6/c1-5-11-19(6-2)18-34-27(32)29-22-14-9-8-12-20(22)26(21-13-10-15-23(21)29)28(7-3)24(30)16-17-25(31)33-4;1-2/h5-6,8-9,11-12,14,21,23,26H,1-2,7,10,13,15-18H2,3-4H3;1-2H3/b19-11+;. The first kappa shape index (κ1) is 28.9. The SMILES string of the molecule is C=C/C=C(\C=C)COC(=O)N1c2ccccc2C(N(CC)C(=O)CCC(=O)OC)C2CCCC21.CC. The molecule has 0 spiro atoms. The Kier molecular flexibility index (Phi) is 11.4. The Hall–Kier alpha value is -3.35. The highest BCUT2D eigenvalue weighted by atomic mass is 16.6. The van der Waals surface area contributed by atoms with Crippen LogP contribution in [0.3, 0.4) is 0 Å².